The predicted molar refractivity (Wildman–Crippen MR) is 47.0 cm³/mol. The van der Waals surface area contributed by atoms with Crippen molar-refractivity contribution in [3.63, 3.8) is 0 Å². The highest BCUT2D eigenvalue weighted by Crippen LogP contribution is 2.00. The summed E-state index contributed by atoms with van der Waals surface area (Å²) in [4.78, 5) is 0. The molecular weight excluding hydrogens is 156 g/mol. The van der Waals surface area contributed by atoms with Crippen molar-refractivity contribution in [1.82, 2.24) is 5.43 Å². The maximum Gasteiger partial charge on any atom is 0.185 e. The summed E-state index contributed by atoms with van der Waals surface area (Å²) in [5.41, 5.74) is 2.44. The molecule has 0 amide bonds. The highest BCUT2D eigenvalue weighted by Gasteiger charge is 2.17. The SMILES string of the molecule is C#CC(NN)C(OCC)OCC. The van der Waals surface area contributed by atoms with Crippen LogP contribution in [-0.2, 0) is 9.47 Å². The third kappa shape index (κ3) is 3.69. The molecule has 0 bridgehead atoms. The number of ether oxygens (including phenoxy) is 2. The molecule has 0 aliphatic carbocycles. The molecule has 0 saturated heterocycles. The van der Waals surface area contributed by atoms with E-state index in [4.69, 9.17) is 21.7 Å². The van der Waals surface area contributed by atoms with Crippen LogP contribution in [0.3, 0.4) is 0 Å². The summed E-state index contributed by atoms with van der Waals surface area (Å²) in [6, 6.07) is -0.398. The highest BCUT2D eigenvalue weighted by molar-refractivity contribution is 4.99. The van der Waals surface area contributed by atoms with Crippen molar-refractivity contribution < 1.29 is 9.47 Å². The van der Waals surface area contributed by atoms with Gasteiger partial charge in [0.15, 0.2) is 6.29 Å². The van der Waals surface area contributed by atoms with E-state index in [1.54, 1.807) is 0 Å². The van der Waals surface area contributed by atoms with E-state index in [0.717, 1.165) is 0 Å². The summed E-state index contributed by atoms with van der Waals surface area (Å²) in [7, 11) is 0. The normalized spacial score (nSPS) is 12.9. The lowest BCUT2D eigenvalue weighted by Crippen LogP contribution is -2.45. The fourth-order valence-electron chi connectivity index (χ4n) is 0.774. The summed E-state index contributed by atoms with van der Waals surface area (Å²) < 4.78 is 10.4. The number of hydrazine groups is 1. The minimum atomic E-state index is -0.463. The maximum absolute atomic E-state index is 5.22. The lowest BCUT2D eigenvalue weighted by Gasteiger charge is -2.21. The molecule has 0 rings (SSSR count). The fourth-order valence-corrected chi connectivity index (χ4v) is 0.774. The van der Waals surface area contributed by atoms with E-state index < -0.39 is 12.3 Å². The average molecular weight is 172 g/mol. The zero-order valence-electron chi connectivity index (χ0n) is 7.54. The molecule has 0 spiro atoms. The van der Waals surface area contributed by atoms with Crippen LogP contribution in [0.15, 0.2) is 0 Å². The van der Waals surface area contributed by atoms with Gasteiger partial charge in [0, 0.05) is 13.2 Å². The van der Waals surface area contributed by atoms with Gasteiger partial charge in [0.2, 0.25) is 0 Å². The molecule has 0 aromatic heterocycles. The number of nitrogens with one attached hydrogen (secondary N) is 1. The number of hydrogen-bond acceptors (Lipinski definition) is 4. The number of terminal acetylenes is 1. The number of nitrogens with two attached hydrogens (primary N) is 1. The molecule has 0 radical (unpaired) electrons. The maximum atomic E-state index is 5.22. The first kappa shape index (κ1) is 11.4. The van der Waals surface area contributed by atoms with Crippen LogP contribution in [0.2, 0.25) is 0 Å². The van der Waals surface area contributed by atoms with Crippen LogP contribution in [0.25, 0.3) is 0 Å². The fraction of sp³-hybridized carbons (Fsp3) is 0.750. The van der Waals surface area contributed by atoms with E-state index in [0.29, 0.717) is 13.2 Å². The second-order valence-corrected chi connectivity index (χ2v) is 2.09. The van der Waals surface area contributed by atoms with Crippen LogP contribution in [0.4, 0.5) is 0 Å². The predicted octanol–water partition coefficient (Wildman–Crippen LogP) is -0.149. The zero-order valence-corrected chi connectivity index (χ0v) is 7.54. The summed E-state index contributed by atoms with van der Waals surface area (Å²) in [5, 5.41) is 0. The molecule has 0 heterocycles. The second-order valence-electron chi connectivity index (χ2n) is 2.09. The van der Waals surface area contributed by atoms with Crippen molar-refractivity contribution in [2.24, 2.45) is 5.84 Å². The quantitative estimate of drug-likeness (QED) is 0.253. The van der Waals surface area contributed by atoms with Crippen LogP contribution in [0, 0.1) is 12.3 Å². The zero-order chi connectivity index (χ0) is 9.40. The molecule has 70 valence electrons. The Morgan fingerprint density at radius 3 is 2.17 bits per heavy atom. The van der Waals surface area contributed by atoms with Crippen LogP contribution < -0.4 is 11.3 Å². The third-order valence-electron chi connectivity index (χ3n) is 1.29. The Bertz CT molecular complexity index is 138. The van der Waals surface area contributed by atoms with Gasteiger partial charge in [-0.05, 0) is 13.8 Å². The van der Waals surface area contributed by atoms with E-state index >= 15 is 0 Å². The summed E-state index contributed by atoms with van der Waals surface area (Å²) >= 11 is 0. The molecule has 0 aromatic carbocycles. The lowest BCUT2D eigenvalue weighted by atomic mass is 10.3. The monoisotopic (exact) mass is 172 g/mol. The van der Waals surface area contributed by atoms with Crippen molar-refractivity contribution in [3.8, 4) is 12.3 Å². The largest absolute Gasteiger partial charge is 0.350 e. The summed E-state index contributed by atoms with van der Waals surface area (Å²) in [5.74, 6) is 7.63. The van der Waals surface area contributed by atoms with E-state index in [2.05, 4.69) is 11.3 Å². The molecule has 1 unspecified atom stereocenters. The molecule has 3 N–H and O–H groups in total. The van der Waals surface area contributed by atoms with E-state index in [9.17, 15) is 0 Å². The van der Waals surface area contributed by atoms with Crippen LogP contribution >= 0.6 is 0 Å². The van der Waals surface area contributed by atoms with Crippen LogP contribution in [0.5, 0.6) is 0 Å². The van der Waals surface area contributed by atoms with Crippen molar-refractivity contribution in [1.29, 1.82) is 0 Å². The minimum Gasteiger partial charge on any atom is -0.350 e. The van der Waals surface area contributed by atoms with Gasteiger partial charge in [-0.15, -0.1) is 6.42 Å². The first-order valence-electron chi connectivity index (χ1n) is 3.95. The Balaban J connectivity index is 3.97. The molecule has 0 fully saturated rings. The molecule has 0 aliphatic rings. The number of rotatable bonds is 6. The van der Waals surface area contributed by atoms with Crippen molar-refractivity contribution in [2.45, 2.75) is 26.2 Å². The van der Waals surface area contributed by atoms with E-state index in [-0.39, 0.29) is 0 Å². The van der Waals surface area contributed by atoms with Gasteiger partial charge in [0.25, 0.3) is 0 Å². The third-order valence-corrected chi connectivity index (χ3v) is 1.29. The van der Waals surface area contributed by atoms with Gasteiger partial charge < -0.3 is 9.47 Å². The van der Waals surface area contributed by atoms with Gasteiger partial charge in [-0.25, -0.2) is 5.43 Å². The first-order valence-corrected chi connectivity index (χ1v) is 3.95. The van der Waals surface area contributed by atoms with Crippen molar-refractivity contribution in [3.05, 3.63) is 0 Å². The molecule has 12 heavy (non-hydrogen) atoms. The minimum absolute atomic E-state index is 0.398. The molecule has 4 heteroatoms. The van der Waals surface area contributed by atoms with E-state index in [1.165, 1.54) is 0 Å². The Hall–Kier alpha value is -0.600. The van der Waals surface area contributed by atoms with Gasteiger partial charge in [0.05, 0.1) is 0 Å². The van der Waals surface area contributed by atoms with E-state index in [1.807, 2.05) is 13.8 Å². The molecule has 0 aliphatic heterocycles. The second kappa shape index (κ2) is 7.07. The number of hydrogen-bond donors (Lipinski definition) is 2. The molecule has 4 nitrogen and oxygen atoms in total. The van der Waals surface area contributed by atoms with Gasteiger partial charge >= 0.3 is 0 Å². The van der Waals surface area contributed by atoms with Gasteiger partial charge in [-0.3, -0.25) is 5.84 Å². The molecular formula is C8H16N2O2. The van der Waals surface area contributed by atoms with Gasteiger partial charge in [-0.1, -0.05) is 5.92 Å². The van der Waals surface area contributed by atoms with Crippen LogP contribution in [-0.4, -0.2) is 25.5 Å². The Labute approximate surface area is 73.4 Å². The summed E-state index contributed by atoms with van der Waals surface area (Å²) in [6.07, 6.45) is 4.73. The van der Waals surface area contributed by atoms with Crippen molar-refractivity contribution in [2.75, 3.05) is 13.2 Å². The molecule has 0 aromatic rings. The smallest absolute Gasteiger partial charge is 0.185 e. The average Bonchev–Trinajstić information content (AvgIpc) is 2.07. The molecule has 1 atom stereocenters. The highest BCUT2D eigenvalue weighted by atomic mass is 16.7. The van der Waals surface area contributed by atoms with Gasteiger partial charge in [-0.2, -0.15) is 0 Å². The summed E-state index contributed by atoms with van der Waals surface area (Å²) in [6.45, 7) is 4.83. The Kier molecular flexibility index (Phi) is 6.72. The van der Waals surface area contributed by atoms with Crippen LogP contribution in [0.1, 0.15) is 13.8 Å². The van der Waals surface area contributed by atoms with Crippen molar-refractivity contribution >= 4 is 0 Å². The Morgan fingerprint density at radius 2 is 1.92 bits per heavy atom. The topological polar surface area (TPSA) is 56.5 Å². The first-order chi connectivity index (χ1) is 5.79. The standard InChI is InChI=1S/C8H16N2O2/c1-4-7(10-9)8(11-5-2)12-6-3/h1,7-8,10H,5-6,9H2,2-3H3. The molecule has 0 saturated carbocycles. The Morgan fingerprint density at radius 1 is 1.42 bits per heavy atom. The van der Waals surface area contributed by atoms with Gasteiger partial charge in [0.1, 0.15) is 6.04 Å². The lowest BCUT2D eigenvalue weighted by molar-refractivity contribution is -0.144.